The van der Waals surface area contributed by atoms with Crippen LogP contribution in [0.4, 0.5) is 0 Å². The van der Waals surface area contributed by atoms with Gasteiger partial charge in [-0.25, -0.2) is 0 Å². The van der Waals surface area contributed by atoms with Gasteiger partial charge < -0.3 is 10.4 Å². The highest BCUT2D eigenvalue weighted by atomic mass is 16.3. The molecule has 2 unspecified atom stereocenters. The first-order valence-electron chi connectivity index (χ1n) is 8.49. The molecule has 0 bridgehead atoms. The summed E-state index contributed by atoms with van der Waals surface area (Å²) in [6.07, 6.45) is 2.69. The molecule has 0 spiro atoms. The summed E-state index contributed by atoms with van der Waals surface area (Å²) in [4.78, 5) is 12.6. The van der Waals surface area contributed by atoms with E-state index in [1.54, 1.807) is 0 Å². The SMILES string of the molecule is CC(C)[C@@H]1CC[C@@H](C)CC1C(=O)NCC(O)c1ccccc1. The molecule has 1 aliphatic carbocycles. The molecule has 2 N–H and O–H groups in total. The lowest BCUT2D eigenvalue weighted by Gasteiger charge is -2.36. The van der Waals surface area contributed by atoms with Crippen LogP contribution in [0.1, 0.15) is 51.7 Å². The van der Waals surface area contributed by atoms with Gasteiger partial charge in [0.2, 0.25) is 5.91 Å². The standard InChI is InChI=1S/C19H29NO2/c1-13(2)16-10-9-14(3)11-17(16)19(22)20-12-18(21)15-7-5-4-6-8-15/h4-8,13-14,16-18,21H,9-12H2,1-3H3,(H,20,22)/t14-,16+,17?,18?/m1/s1. The number of amides is 1. The van der Waals surface area contributed by atoms with Gasteiger partial charge >= 0.3 is 0 Å². The first-order valence-corrected chi connectivity index (χ1v) is 8.49. The predicted octanol–water partition coefficient (Wildman–Crippen LogP) is 3.54. The van der Waals surface area contributed by atoms with Crippen LogP contribution in [0.5, 0.6) is 0 Å². The maximum Gasteiger partial charge on any atom is 0.223 e. The second-order valence-electron chi connectivity index (χ2n) is 7.10. The lowest BCUT2D eigenvalue weighted by molar-refractivity contribution is -0.129. The highest BCUT2D eigenvalue weighted by Crippen LogP contribution is 2.38. The Hall–Kier alpha value is -1.35. The van der Waals surface area contributed by atoms with Crippen LogP contribution < -0.4 is 5.32 Å². The van der Waals surface area contributed by atoms with Gasteiger partial charge in [-0.2, -0.15) is 0 Å². The van der Waals surface area contributed by atoms with E-state index in [1.807, 2.05) is 30.3 Å². The molecule has 0 saturated heterocycles. The number of carbonyl (C=O) groups excluding carboxylic acids is 1. The summed E-state index contributed by atoms with van der Waals surface area (Å²) in [7, 11) is 0. The van der Waals surface area contributed by atoms with E-state index in [4.69, 9.17) is 0 Å². The Morgan fingerprint density at radius 3 is 2.59 bits per heavy atom. The van der Waals surface area contributed by atoms with E-state index in [-0.39, 0.29) is 11.8 Å². The van der Waals surface area contributed by atoms with Crippen LogP contribution >= 0.6 is 0 Å². The third kappa shape index (κ3) is 4.33. The maximum absolute atomic E-state index is 12.6. The monoisotopic (exact) mass is 303 g/mol. The van der Waals surface area contributed by atoms with Crippen LogP contribution in [0.3, 0.4) is 0 Å². The lowest BCUT2D eigenvalue weighted by atomic mass is 9.70. The minimum atomic E-state index is -0.635. The molecular formula is C19H29NO2. The van der Waals surface area contributed by atoms with Gasteiger partial charge in [-0.3, -0.25) is 4.79 Å². The molecule has 1 amide bonds. The topological polar surface area (TPSA) is 49.3 Å². The van der Waals surface area contributed by atoms with Gasteiger partial charge in [-0.1, -0.05) is 57.5 Å². The molecule has 3 heteroatoms. The van der Waals surface area contributed by atoms with Crippen molar-refractivity contribution >= 4 is 5.91 Å². The van der Waals surface area contributed by atoms with Crippen molar-refractivity contribution in [3.05, 3.63) is 35.9 Å². The average molecular weight is 303 g/mol. The van der Waals surface area contributed by atoms with E-state index in [0.717, 1.165) is 18.4 Å². The van der Waals surface area contributed by atoms with Crippen molar-refractivity contribution in [2.75, 3.05) is 6.54 Å². The predicted molar refractivity (Wildman–Crippen MR) is 89.2 cm³/mol. The second-order valence-corrected chi connectivity index (χ2v) is 7.10. The Morgan fingerprint density at radius 2 is 1.95 bits per heavy atom. The van der Waals surface area contributed by atoms with Gasteiger partial charge in [-0.15, -0.1) is 0 Å². The fourth-order valence-electron chi connectivity index (χ4n) is 3.63. The number of aliphatic hydroxyl groups excluding tert-OH is 1. The number of rotatable bonds is 5. The number of hydrogen-bond donors (Lipinski definition) is 2. The van der Waals surface area contributed by atoms with Crippen LogP contribution in [-0.4, -0.2) is 17.6 Å². The minimum Gasteiger partial charge on any atom is -0.387 e. The van der Waals surface area contributed by atoms with Gasteiger partial charge in [0, 0.05) is 12.5 Å². The quantitative estimate of drug-likeness (QED) is 0.874. The molecule has 0 heterocycles. The number of aliphatic hydroxyl groups is 1. The van der Waals surface area contributed by atoms with Crippen LogP contribution in [0.15, 0.2) is 30.3 Å². The Bertz CT molecular complexity index is 472. The molecule has 2 rings (SSSR count). The average Bonchev–Trinajstić information content (AvgIpc) is 2.52. The van der Waals surface area contributed by atoms with Crippen LogP contribution in [0.2, 0.25) is 0 Å². The molecule has 1 aromatic rings. The molecule has 122 valence electrons. The molecule has 0 radical (unpaired) electrons. The molecule has 1 saturated carbocycles. The van der Waals surface area contributed by atoms with Crippen molar-refractivity contribution in [2.24, 2.45) is 23.7 Å². The largest absolute Gasteiger partial charge is 0.387 e. The third-order valence-electron chi connectivity index (χ3n) is 5.01. The summed E-state index contributed by atoms with van der Waals surface area (Å²) in [5, 5.41) is 13.1. The zero-order valence-corrected chi connectivity index (χ0v) is 14.0. The summed E-state index contributed by atoms with van der Waals surface area (Å²) in [6, 6.07) is 9.49. The zero-order valence-electron chi connectivity index (χ0n) is 14.0. The molecule has 3 nitrogen and oxygen atoms in total. The van der Waals surface area contributed by atoms with Crippen molar-refractivity contribution < 1.29 is 9.90 Å². The maximum atomic E-state index is 12.6. The van der Waals surface area contributed by atoms with Crippen molar-refractivity contribution in [3.8, 4) is 0 Å². The molecule has 1 fully saturated rings. The van der Waals surface area contributed by atoms with Gasteiger partial charge in [0.15, 0.2) is 0 Å². The molecule has 4 atom stereocenters. The number of hydrogen-bond acceptors (Lipinski definition) is 2. The van der Waals surface area contributed by atoms with E-state index in [0.29, 0.717) is 24.3 Å². The molecule has 0 aliphatic heterocycles. The summed E-state index contributed by atoms with van der Waals surface area (Å²) in [5.74, 6) is 1.81. The summed E-state index contributed by atoms with van der Waals surface area (Å²) < 4.78 is 0. The minimum absolute atomic E-state index is 0.0896. The van der Waals surface area contributed by atoms with E-state index in [2.05, 4.69) is 26.1 Å². The molecule has 1 aromatic carbocycles. The Kier molecular flexibility index (Phi) is 6.01. The second kappa shape index (κ2) is 7.77. The zero-order chi connectivity index (χ0) is 16.1. The van der Waals surface area contributed by atoms with Gasteiger partial charge in [0.05, 0.1) is 6.10 Å². The van der Waals surface area contributed by atoms with Crippen molar-refractivity contribution in [1.82, 2.24) is 5.32 Å². The molecule has 1 aliphatic rings. The normalized spacial score (nSPS) is 26.7. The fraction of sp³-hybridized carbons (Fsp3) is 0.632. The van der Waals surface area contributed by atoms with E-state index in [9.17, 15) is 9.90 Å². The summed E-state index contributed by atoms with van der Waals surface area (Å²) in [5.41, 5.74) is 0.847. The Morgan fingerprint density at radius 1 is 1.27 bits per heavy atom. The highest BCUT2D eigenvalue weighted by molar-refractivity contribution is 5.79. The van der Waals surface area contributed by atoms with Crippen molar-refractivity contribution in [2.45, 2.75) is 46.1 Å². The van der Waals surface area contributed by atoms with Crippen molar-refractivity contribution in [3.63, 3.8) is 0 Å². The third-order valence-corrected chi connectivity index (χ3v) is 5.01. The fourth-order valence-corrected chi connectivity index (χ4v) is 3.63. The van der Waals surface area contributed by atoms with Gasteiger partial charge in [0.1, 0.15) is 0 Å². The van der Waals surface area contributed by atoms with Crippen LogP contribution in [0, 0.1) is 23.7 Å². The number of nitrogens with one attached hydrogen (secondary N) is 1. The molecule has 22 heavy (non-hydrogen) atoms. The number of benzene rings is 1. The van der Waals surface area contributed by atoms with Gasteiger partial charge in [-0.05, 0) is 36.2 Å². The Balaban J connectivity index is 1.92. The first-order chi connectivity index (χ1) is 10.5. The van der Waals surface area contributed by atoms with Crippen LogP contribution in [0.25, 0.3) is 0 Å². The Labute approximate surface area is 134 Å². The smallest absolute Gasteiger partial charge is 0.223 e. The van der Waals surface area contributed by atoms with E-state index < -0.39 is 6.10 Å². The molecule has 0 aromatic heterocycles. The molecular weight excluding hydrogens is 274 g/mol. The van der Waals surface area contributed by atoms with Gasteiger partial charge in [0.25, 0.3) is 0 Å². The number of carbonyl (C=O) groups is 1. The summed E-state index contributed by atoms with van der Waals surface area (Å²) >= 11 is 0. The first kappa shape index (κ1) is 17.0. The van der Waals surface area contributed by atoms with E-state index >= 15 is 0 Å². The van der Waals surface area contributed by atoms with Crippen LogP contribution in [-0.2, 0) is 4.79 Å². The lowest BCUT2D eigenvalue weighted by Crippen LogP contribution is -2.41. The summed E-state index contributed by atoms with van der Waals surface area (Å²) in [6.45, 7) is 6.94. The highest BCUT2D eigenvalue weighted by Gasteiger charge is 2.35. The van der Waals surface area contributed by atoms with Crippen molar-refractivity contribution in [1.29, 1.82) is 0 Å². The van der Waals surface area contributed by atoms with E-state index in [1.165, 1.54) is 6.42 Å².